The number of ether oxygens (including phenoxy) is 1. The molecule has 0 radical (unpaired) electrons. The fraction of sp³-hybridized carbons (Fsp3) is 0.227. The number of benzene rings is 2. The van der Waals surface area contributed by atoms with E-state index in [0.717, 1.165) is 12.8 Å². The van der Waals surface area contributed by atoms with E-state index in [0.29, 0.717) is 24.4 Å². The van der Waals surface area contributed by atoms with Crippen LogP contribution < -0.4 is 21.5 Å². The standard InChI is InChI=1S/C22H22ClFN6O2/c23-14-8-15(24)10-18(9-14)32-17-5-3-13(4-6-17)20(26)19(22(28)31)21(27)29-16-2-1-7-30(11-16)12-25/h3-6,8-10,16,26,29H,1-2,7,11,27H2,(H2,28,31)/b21-19+,26-20?. The fourth-order valence-electron chi connectivity index (χ4n) is 3.43. The molecule has 0 saturated carbocycles. The van der Waals surface area contributed by atoms with Crippen molar-refractivity contribution in [3.05, 3.63) is 70.3 Å². The summed E-state index contributed by atoms with van der Waals surface area (Å²) in [6.45, 7) is 1.12. The average molecular weight is 457 g/mol. The highest BCUT2D eigenvalue weighted by molar-refractivity contribution is 6.30. The molecule has 32 heavy (non-hydrogen) atoms. The van der Waals surface area contributed by atoms with Crippen molar-refractivity contribution in [3.63, 3.8) is 0 Å². The second kappa shape index (κ2) is 10.0. The minimum atomic E-state index is -0.845. The number of likely N-dealkylation sites (tertiary alicyclic amines) is 1. The first-order chi connectivity index (χ1) is 15.3. The molecule has 1 amide bonds. The van der Waals surface area contributed by atoms with Crippen molar-refractivity contribution < 1.29 is 13.9 Å². The zero-order chi connectivity index (χ0) is 23.3. The molecule has 1 atom stereocenters. The summed E-state index contributed by atoms with van der Waals surface area (Å²) in [7, 11) is 0. The van der Waals surface area contributed by atoms with Crippen LogP contribution in [0.4, 0.5) is 4.39 Å². The maximum absolute atomic E-state index is 13.5. The van der Waals surface area contributed by atoms with Gasteiger partial charge < -0.3 is 26.4 Å². The fourth-order valence-corrected chi connectivity index (χ4v) is 3.64. The van der Waals surface area contributed by atoms with Gasteiger partial charge in [-0.15, -0.1) is 0 Å². The van der Waals surface area contributed by atoms with Crippen LogP contribution in [0, 0.1) is 22.7 Å². The molecule has 3 rings (SSSR count). The van der Waals surface area contributed by atoms with E-state index in [4.69, 9.17) is 38.5 Å². The molecule has 2 aromatic carbocycles. The van der Waals surface area contributed by atoms with Crippen molar-refractivity contribution in [2.45, 2.75) is 18.9 Å². The van der Waals surface area contributed by atoms with Gasteiger partial charge in [-0.05, 0) is 49.2 Å². The lowest BCUT2D eigenvalue weighted by Crippen LogP contribution is -2.46. The maximum Gasteiger partial charge on any atom is 0.254 e. The summed E-state index contributed by atoms with van der Waals surface area (Å²) in [5, 5.41) is 20.7. The van der Waals surface area contributed by atoms with Gasteiger partial charge in [-0.2, -0.15) is 5.26 Å². The SMILES string of the molecule is N#CN1CCCC(N/C(N)=C(\C(=N)c2ccc(Oc3cc(F)cc(Cl)c3)cc2)C(N)=O)C1. The minimum Gasteiger partial charge on any atom is -0.457 e. The zero-order valence-corrected chi connectivity index (χ0v) is 17.8. The molecule has 0 aromatic heterocycles. The number of halogens is 2. The number of hydrogen-bond acceptors (Lipinski definition) is 7. The summed E-state index contributed by atoms with van der Waals surface area (Å²) in [6, 6.07) is 9.95. The van der Waals surface area contributed by atoms with Gasteiger partial charge in [0.25, 0.3) is 5.91 Å². The number of nitrogens with two attached hydrogens (primary N) is 2. The summed E-state index contributed by atoms with van der Waals surface area (Å²) in [5.41, 5.74) is 11.7. The Labute approximate surface area is 189 Å². The van der Waals surface area contributed by atoms with Crippen LogP contribution in [-0.4, -0.2) is 35.7 Å². The summed E-state index contributed by atoms with van der Waals surface area (Å²) >= 11 is 5.83. The van der Waals surface area contributed by atoms with Gasteiger partial charge in [0, 0.05) is 35.8 Å². The number of piperidine rings is 1. The Balaban J connectivity index is 1.76. The van der Waals surface area contributed by atoms with Crippen molar-refractivity contribution in [3.8, 4) is 17.7 Å². The Morgan fingerprint density at radius 1 is 1.25 bits per heavy atom. The molecule has 166 valence electrons. The van der Waals surface area contributed by atoms with E-state index in [2.05, 4.69) is 11.5 Å². The van der Waals surface area contributed by atoms with E-state index >= 15 is 0 Å². The van der Waals surface area contributed by atoms with Crippen molar-refractivity contribution >= 4 is 23.2 Å². The highest BCUT2D eigenvalue weighted by atomic mass is 35.5. The molecule has 1 aliphatic heterocycles. The quantitative estimate of drug-likeness (QED) is 0.287. The van der Waals surface area contributed by atoms with Gasteiger partial charge in [-0.1, -0.05) is 11.6 Å². The average Bonchev–Trinajstić information content (AvgIpc) is 2.73. The lowest BCUT2D eigenvalue weighted by atomic mass is 10.0. The molecule has 1 fully saturated rings. The lowest BCUT2D eigenvalue weighted by molar-refractivity contribution is -0.114. The first-order valence-electron chi connectivity index (χ1n) is 9.81. The van der Waals surface area contributed by atoms with E-state index in [9.17, 15) is 9.18 Å². The Bertz CT molecular complexity index is 1080. The number of hydrogen-bond donors (Lipinski definition) is 4. The van der Waals surface area contributed by atoms with Crippen LogP contribution in [0.5, 0.6) is 11.5 Å². The molecule has 0 bridgehead atoms. The number of nitriles is 1. The topological polar surface area (TPSA) is 141 Å². The molecule has 10 heteroatoms. The van der Waals surface area contributed by atoms with Gasteiger partial charge in [0.1, 0.15) is 28.7 Å². The van der Waals surface area contributed by atoms with Crippen LogP contribution in [0.3, 0.4) is 0 Å². The third-order valence-electron chi connectivity index (χ3n) is 4.90. The second-order valence-electron chi connectivity index (χ2n) is 7.29. The van der Waals surface area contributed by atoms with E-state index in [-0.39, 0.29) is 33.9 Å². The second-order valence-corrected chi connectivity index (χ2v) is 7.73. The molecule has 1 saturated heterocycles. The molecule has 2 aromatic rings. The number of carbonyl (C=O) groups is 1. The Hall–Kier alpha value is -3.77. The number of primary amides is 1. The van der Waals surface area contributed by atoms with Crippen LogP contribution in [-0.2, 0) is 4.79 Å². The van der Waals surface area contributed by atoms with Gasteiger partial charge in [-0.25, -0.2) is 4.39 Å². The molecular weight excluding hydrogens is 435 g/mol. The van der Waals surface area contributed by atoms with E-state index in [1.165, 1.54) is 18.2 Å². The Morgan fingerprint density at radius 3 is 2.59 bits per heavy atom. The summed E-state index contributed by atoms with van der Waals surface area (Å²) in [5.74, 6) is -0.772. The van der Waals surface area contributed by atoms with Crippen molar-refractivity contribution in [1.29, 1.82) is 10.7 Å². The lowest BCUT2D eigenvalue weighted by Gasteiger charge is -2.30. The van der Waals surface area contributed by atoms with Gasteiger partial charge in [0.05, 0.1) is 5.71 Å². The third kappa shape index (κ3) is 5.68. The third-order valence-corrected chi connectivity index (χ3v) is 5.12. The van der Waals surface area contributed by atoms with Gasteiger partial charge in [0.2, 0.25) is 0 Å². The molecule has 0 spiro atoms. The summed E-state index contributed by atoms with van der Waals surface area (Å²) in [4.78, 5) is 13.7. The predicted octanol–water partition coefficient (Wildman–Crippen LogP) is 2.83. The zero-order valence-electron chi connectivity index (χ0n) is 17.1. The van der Waals surface area contributed by atoms with Crippen LogP contribution in [0.15, 0.2) is 53.9 Å². The molecular formula is C22H22ClFN6O2. The molecule has 6 N–H and O–H groups in total. The Kier molecular flexibility index (Phi) is 7.18. The predicted molar refractivity (Wildman–Crippen MR) is 119 cm³/mol. The van der Waals surface area contributed by atoms with Crippen molar-refractivity contribution in [1.82, 2.24) is 10.2 Å². The number of amides is 1. The number of carbonyl (C=O) groups excluding carboxylic acids is 1. The molecule has 1 heterocycles. The highest BCUT2D eigenvalue weighted by Gasteiger charge is 2.23. The van der Waals surface area contributed by atoms with Crippen molar-refractivity contribution in [2.24, 2.45) is 11.5 Å². The van der Waals surface area contributed by atoms with Crippen LogP contribution in [0.25, 0.3) is 0 Å². The van der Waals surface area contributed by atoms with Crippen LogP contribution >= 0.6 is 11.6 Å². The van der Waals surface area contributed by atoms with Crippen LogP contribution in [0.2, 0.25) is 5.02 Å². The van der Waals surface area contributed by atoms with Gasteiger partial charge in [-0.3, -0.25) is 10.2 Å². The largest absolute Gasteiger partial charge is 0.457 e. The van der Waals surface area contributed by atoms with Gasteiger partial charge >= 0.3 is 0 Å². The number of rotatable bonds is 7. The van der Waals surface area contributed by atoms with E-state index < -0.39 is 11.7 Å². The molecule has 1 aliphatic rings. The summed E-state index contributed by atoms with van der Waals surface area (Å²) in [6.07, 6.45) is 3.68. The minimum absolute atomic E-state index is 0.0120. The number of nitrogens with one attached hydrogen (secondary N) is 2. The normalized spacial score (nSPS) is 16.5. The van der Waals surface area contributed by atoms with E-state index in [1.807, 2.05) is 0 Å². The molecule has 0 aliphatic carbocycles. The maximum atomic E-state index is 13.5. The Morgan fingerprint density at radius 2 is 1.97 bits per heavy atom. The first-order valence-corrected chi connectivity index (χ1v) is 10.2. The van der Waals surface area contributed by atoms with Crippen LogP contribution in [0.1, 0.15) is 18.4 Å². The van der Waals surface area contributed by atoms with E-state index in [1.54, 1.807) is 29.2 Å². The van der Waals surface area contributed by atoms with Crippen molar-refractivity contribution in [2.75, 3.05) is 13.1 Å². The molecule has 1 unspecified atom stereocenters. The molecule has 8 nitrogen and oxygen atoms in total. The number of nitrogens with zero attached hydrogens (tertiary/aromatic N) is 2. The van der Waals surface area contributed by atoms with Gasteiger partial charge in [0.15, 0.2) is 6.19 Å². The first kappa shape index (κ1) is 22.9. The smallest absolute Gasteiger partial charge is 0.254 e. The monoisotopic (exact) mass is 456 g/mol. The summed E-state index contributed by atoms with van der Waals surface area (Å²) < 4.78 is 19.1. The highest BCUT2D eigenvalue weighted by Crippen LogP contribution is 2.26.